The van der Waals surface area contributed by atoms with E-state index in [9.17, 15) is 27.8 Å². The predicted molar refractivity (Wildman–Crippen MR) is 61.0 cm³/mol. The molecule has 0 spiro atoms. The Labute approximate surface area is 111 Å². The molecule has 0 amide bonds. The molecule has 2 atom stereocenters. The number of hydrogen-bond acceptors (Lipinski definition) is 3. The molecule has 0 aliphatic rings. The van der Waals surface area contributed by atoms with E-state index >= 15 is 0 Å². The van der Waals surface area contributed by atoms with E-state index in [2.05, 4.69) is 10.0 Å². The van der Waals surface area contributed by atoms with Crippen molar-refractivity contribution in [2.75, 3.05) is 6.54 Å². The maximum atomic E-state index is 13.1. The van der Waals surface area contributed by atoms with Crippen molar-refractivity contribution in [2.24, 2.45) is 5.11 Å². The second-order valence-electron chi connectivity index (χ2n) is 4.03. The van der Waals surface area contributed by atoms with E-state index in [0.29, 0.717) is 18.2 Å². The summed E-state index contributed by atoms with van der Waals surface area (Å²) < 4.78 is 50.6. The monoisotopic (exact) mass is 293 g/mol. The molecule has 0 fully saturated rings. The van der Waals surface area contributed by atoms with Gasteiger partial charge in [0.1, 0.15) is 11.9 Å². The van der Waals surface area contributed by atoms with Crippen LogP contribution in [0.1, 0.15) is 23.7 Å². The lowest BCUT2D eigenvalue weighted by atomic mass is 9.99. The number of halogens is 4. The number of benzene rings is 1. The van der Waals surface area contributed by atoms with Gasteiger partial charge in [-0.15, -0.1) is 0 Å². The molecule has 0 heterocycles. The molecule has 2 unspecified atom stereocenters. The first-order chi connectivity index (χ1) is 9.25. The molecule has 0 radical (unpaired) electrons. The van der Waals surface area contributed by atoms with Gasteiger partial charge in [-0.2, -0.15) is 13.2 Å². The first-order valence-electron chi connectivity index (χ1n) is 5.50. The summed E-state index contributed by atoms with van der Waals surface area (Å²) in [5.74, 6) is -1.17. The van der Waals surface area contributed by atoms with Gasteiger partial charge in [-0.3, -0.25) is 0 Å². The molecule has 5 nitrogen and oxygen atoms in total. The standard InChI is InChI=1S/C11H11F4N3O2/c12-8-4-6(3-7(5-8)11(13,14)15)10(20)9(19)1-2-17-18-16/h3-5,9-10,19-20H,1-2H2. The summed E-state index contributed by atoms with van der Waals surface area (Å²) >= 11 is 0. The van der Waals surface area contributed by atoms with Gasteiger partial charge in [0.2, 0.25) is 0 Å². The zero-order valence-corrected chi connectivity index (χ0v) is 10.0. The van der Waals surface area contributed by atoms with E-state index in [1.165, 1.54) is 0 Å². The number of azide groups is 1. The maximum absolute atomic E-state index is 13.1. The highest BCUT2D eigenvalue weighted by atomic mass is 19.4. The van der Waals surface area contributed by atoms with Gasteiger partial charge in [-0.1, -0.05) is 5.11 Å². The van der Waals surface area contributed by atoms with Crippen LogP contribution in [0.3, 0.4) is 0 Å². The van der Waals surface area contributed by atoms with Crippen LogP contribution >= 0.6 is 0 Å². The largest absolute Gasteiger partial charge is 0.416 e. The summed E-state index contributed by atoms with van der Waals surface area (Å²) in [6.07, 6.45) is -8.10. The highest BCUT2D eigenvalue weighted by Crippen LogP contribution is 2.32. The van der Waals surface area contributed by atoms with Crippen molar-refractivity contribution in [1.29, 1.82) is 0 Å². The number of nitrogens with zero attached hydrogens (tertiary/aromatic N) is 3. The van der Waals surface area contributed by atoms with E-state index in [1.54, 1.807) is 0 Å². The quantitative estimate of drug-likeness (QED) is 0.378. The molecule has 1 aromatic carbocycles. The van der Waals surface area contributed by atoms with Gasteiger partial charge in [-0.05, 0) is 35.7 Å². The smallest absolute Gasteiger partial charge is 0.390 e. The summed E-state index contributed by atoms with van der Waals surface area (Å²) in [5.41, 5.74) is 6.38. The summed E-state index contributed by atoms with van der Waals surface area (Å²) in [7, 11) is 0. The van der Waals surface area contributed by atoms with E-state index in [0.717, 1.165) is 0 Å². The zero-order chi connectivity index (χ0) is 15.3. The van der Waals surface area contributed by atoms with Crippen LogP contribution in [0.15, 0.2) is 23.3 Å². The lowest BCUT2D eigenvalue weighted by molar-refractivity contribution is -0.137. The molecule has 110 valence electrons. The molecular formula is C11H11F4N3O2. The van der Waals surface area contributed by atoms with Crippen LogP contribution in [0, 0.1) is 5.82 Å². The molecule has 0 saturated heterocycles. The molecule has 0 aliphatic carbocycles. The molecule has 2 N–H and O–H groups in total. The molecular weight excluding hydrogens is 282 g/mol. The summed E-state index contributed by atoms with van der Waals surface area (Å²) in [6.45, 7) is -0.143. The second-order valence-corrected chi connectivity index (χ2v) is 4.03. The fourth-order valence-electron chi connectivity index (χ4n) is 1.56. The van der Waals surface area contributed by atoms with Crippen LogP contribution in [0.25, 0.3) is 10.4 Å². The number of alkyl halides is 3. The van der Waals surface area contributed by atoms with Crippen LogP contribution in [-0.4, -0.2) is 22.9 Å². The van der Waals surface area contributed by atoms with Crippen molar-refractivity contribution in [1.82, 2.24) is 0 Å². The average Bonchev–Trinajstić information content (AvgIpc) is 2.36. The summed E-state index contributed by atoms with van der Waals surface area (Å²) in [4.78, 5) is 2.42. The highest BCUT2D eigenvalue weighted by molar-refractivity contribution is 5.28. The number of aliphatic hydroxyl groups excluding tert-OH is 2. The molecule has 0 aromatic heterocycles. The van der Waals surface area contributed by atoms with Gasteiger partial charge in [0.15, 0.2) is 0 Å². The Morgan fingerprint density at radius 2 is 1.90 bits per heavy atom. The third-order valence-electron chi connectivity index (χ3n) is 2.54. The third kappa shape index (κ3) is 4.37. The van der Waals surface area contributed by atoms with Gasteiger partial charge in [0.25, 0.3) is 0 Å². The maximum Gasteiger partial charge on any atom is 0.416 e. The van der Waals surface area contributed by atoms with Crippen LogP contribution in [0.5, 0.6) is 0 Å². The summed E-state index contributed by atoms with van der Waals surface area (Å²) in [6, 6.07) is 1.56. The molecule has 0 aliphatic heterocycles. The Hall–Kier alpha value is -1.83. The first kappa shape index (κ1) is 16.2. The van der Waals surface area contributed by atoms with Gasteiger partial charge in [0.05, 0.1) is 11.7 Å². The van der Waals surface area contributed by atoms with Crippen molar-refractivity contribution in [2.45, 2.75) is 24.8 Å². The Kier molecular flexibility index (Phi) is 5.32. The normalized spacial score (nSPS) is 14.5. The average molecular weight is 293 g/mol. The summed E-state index contributed by atoms with van der Waals surface area (Å²) in [5, 5.41) is 22.3. The second kappa shape index (κ2) is 6.56. The first-order valence-corrected chi connectivity index (χ1v) is 5.50. The fraction of sp³-hybridized carbons (Fsp3) is 0.455. The minimum atomic E-state index is -4.76. The van der Waals surface area contributed by atoms with E-state index in [1.807, 2.05) is 0 Å². The molecule has 9 heteroatoms. The topological polar surface area (TPSA) is 89.2 Å². The van der Waals surface area contributed by atoms with Crippen LogP contribution in [-0.2, 0) is 6.18 Å². The number of aliphatic hydroxyl groups is 2. The number of hydrogen-bond donors (Lipinski definition) is 2. The highest BCUT2D eigenvalue weighted by Gasteiger charge is 2.32. The van der Waals surface area contributed by atoms with Crippen molar-refractivity contribution in [3.8, 4) is 0 Å². The Bertz CT molecular complexity index is 515. The zero-order valence-electron chi connectivity index (χ0n) is 10.0. The van der Waals surface area contributed by atoms with Crippen LogP contribution in [0.4, 0.5) is 17.6 Å². The predicted octanol–water partition coefficient (Wildman–Crippen LogP) is 2.94. The van der Waals surface area contributed by atoms with Crippen molar-refractivity contribution < 1.29 is 27.8 Å². The Morgan fingerprint density at radius 1 is 1.25 bits per heavy atom. The van der Waals surface area contributed by atoms with Crippen LogP contribution < -0.4 is 0 Å². The SMILES string of the molecule is [N-]=[N+]=NCCC(O)C(O)c1cc(F)cc(C(F)(F)F)c1. The molecule has 1 rings (SSSR count). The molecule has 0 bridgehead atoms. The third-order valence-corrected chi connectivity index (χ3v) is 2.54. The van der Waals surface area contributed by atoms with E-state index in [4.69, 9.17) is 5.53 Å². The minimum Gasteiger partial charge on any atom is -0.390 e. The Morgan fingerprint density at radius 3 is 2.45 bits per heavy atom. The lowest BCUT2D eigenvalue weighted by Crippen LogP contribution is -2.20. The molecule has 20 heavy (non-hydrogen) atoms. The van der Waals surface area contributed by atoms with E-state index < -0.39 is 35.3 Å². The van der Waals surface area contributed by atoms with Crippen molar-refractivity contribution in [3.05, 3.63) is 45.6 Å². The Balaban J connectivity index is 2.95. The minimum absolute atomic E-state index is 0.143. The van der Waals surface area contributed by atoms with Crippen molar-refractivity contribution >= 4 is 0 Å². The number of rotatable bonds is 5. The lowest BCUT2D eigenvalue weighted by Gasteiger charge is -2.18. The van der Waals surface area contributed by atoms with Gasteiger partial charge < -0.3 is 10.2 Å². The van der Waals surface area contributed by atoms with Crippen molar-refractivity contribution in [3.63, 3.8) is 0 Å². The van der Waals surface area contributed by atoms with Gasteiger partial charge in [-0.25, -0.2) is 4.39 Å². The molecule has 1 aromatic rings. The van der Waals surface area contributed by atoms with Crippen LogP contribution in [0.2, 0.25) is 0 Å². The van der Waals surface area contributed by atoms with Gasteiger partial charge >= 0.3 is 6.18 Å². The van der Waals surface area contributed by atoms with E-state index in [-0.39, 0.29) is 13.0 Å². The van der Waals surface area contributed by atoms with Gasteiger partial charge in [0, 0.05) is 11.5 Å². The fourth-order valence-corrected chi connectivity index (χ4v) is 1.56. The molecule has 0 saturated carbocycles.